The molecule has 0 aliphatic carbocycles. The van der Waals surface area contributed by atoms with Crippen LogP contribution in [0.2, 0.25) is 0 Å². The molecule has 6 nitrogen and oxygen atoms in total. The van der Waals surface area contributed by atoms with Gasteiger partial charge in [0, 0.05) is 0 Å². The smallest absolute Gasteiger partial charge is 0.258 e. The highest BCUT2D eigenvalue weighted by atomic mass is 32.2. The largest absolute Gasteiger partial charge is 0.272 e. The molecule has 0 saturated carbocycles. The summed E-state index contributed by atoms with van der Waals surface area (Å²) < 4.78 is 0. The summed E-state index contributed by atoms with van der Waals surface area (Å²) in [4.78, 5) is 22.9. The van der Waals surface area contributed by atoms with Crippen LogP contribution in [0.5, 0.6) is 0 Å². The summed E-state index contributed by atoms with van der Waals surface area (Å²) in [5.41, 5.74) is 0. The highest BCUT2D eigenvalue weighted by Crippen LogP contribution is 2.31. The second-order valence-electron chi connectivity index (χ2n) is 2.75. The van der Waals surface area contributed by atoms with Crippen molar-refractivity contribution in [2.45, 2.75) is 0 Å². The summed E-state index contributed by atoms with van der Waals surface area (Å²) >= 11 is 2.60. The summed E-state index contributed by atoms with van der Waals surface area (Å²) in [6.45, 7) is 0. The zero-order chi connectivity index (χ0) is 9.71. The molecule has 72 valence electrons. The maximum atomic E-state index is 11.5. The van der Waals surface area contributed by atoms with Crippen LogP contribution < -0.4 is 0 Å². The molecule has 2 saturated heterocycles. The highest BCUT2D eigenvalue weighted by molar-refractivity contribution is 8.15. The third-order valence-electron chi connectivity index (χ3n) is 1.91. The van der Waals surface area contributed by atoms with Gasteiger partial charge in [0.2, 0.25) is 10.3 Å². The van der Waals surface area contributed by atoms with E-state index in [-0.39, 0.29) is 11.8 Å². The van der Waals surface area contributed by atoms with Crippen molar-refractivity contribution in [3.8, 4) is 0 Å². The van der Waals surface area contributed by atoms with Crippen molar-refractivity contribution in [3.63, 3.8) is 0 Å². The van der Waals surface area contributed by atoms with Crippen LogP contribution in [0.15, 0.2) is 10.2 Å². The lowest BCUT2D eigenvalue weighted by Crippen LogP contribution is -2.50. The van der Waals surface area contributed by atoms with Gasteiger partial charge in [0.15, 0.2) is 0 Å². The topological polar surface area (TPSA) is 65.3 Å². The first kappa shape index (κ1) is 8.30. The Morgan fingerprint density at radius 1 is 0.929 bits per heavy atom. The fourth-order valence-electron chi connectivity index (χ4n) is 1.33. The van der Waals surface area contributed by atoms with Crippen molar-refractivity contribution in [1.82, 2.24) is 10.0 Å². The lowest BCUT2D eigenvalue weighted by Gasteiger charge is -2.27. The van der Waals surface area contributed by atoms with Crippen molar-refractivity contribution in [2.75, 3.05) is 11.5 Å². The van der Waals surface area contributed by atoms with Crippen molar-refractivity contribution in [1.29, 1.82) is 0 Å². The van der Waals surface area contributed by atoms with Crippen molar-refractivity contribution < 1.29 is 9.59 Å². The Labute approximate surface area is 87.4 Å². The Hall–Kier alpha value is -1.02. The Kier molecular flexibility index (Phi) is 1.62. The van der Waals surface area contributed by atoms with Gasteiger partial charge in [-0.1, -0.05) is 23.5 Å². The summed E-state index contributed by atoms with van der Waals surface area (Å²) in [5.74, 6) is 0.431. The minimum absolute atomic E-state index is 0.114. The predicted molar refractivity (Wildman–Crippen MR) is 53.5 cm³/mol. The van der Waals surface area contributed by atoms with Gasteiger partial charge in [0.1, 0.15) is 0 Å². The average molecular weight is 228 g/mol. The summed E-state index contributed by atoms with van der Waals surface area (Å²) in [6, 6.07) is 0. The van der Waals surface area contributed by atoms with E-state index >= 15 is 0 Å². The molecule has 0 radical (unpaired) electrons. The first-order valence-electron chi connectivity index (χ1n) is 3.84. The molecular weight excluding hydrogens is 224 g/mol. The molecule has 2 amide bonds. The molecule has 0 spiro atoms. The van der Waals surface area contributed by atoms with Crippen LogP contribution in [0.3, 0.4) is 0 Å². The second-order valence-corrected chi connectivity index (χ2v) is 4.64. The van der Waals surface area contributed by atoms with Crippen molar-refractivity contribution >= 4 is 45.7 Å². The molecule has 2 fully saturated rings. The fourth-order valence-corrected chi connectivity index (χ4v) is 2.89. The molecule has 3 heterocycles. The van der Waals surface area contributed by atoms with E-state index in [4.69, 9.17) is 0 Å². The van der Waals surface area contributed by atoms with E-state index in [0.29, 0.717) is 21.8 Å². The monoisotopic (exact) mass is 228 g/mol. The van der Waals surface area contributed by atoms with Crippen LogP contribution >= 0.6 is 23.5 Å². The van der Waals surface area contributed by atoms with Crippen LogP contribution in [0.1, 0.15) is 0 Å². The molecule has 14 heavy (non-hydrogen) atoms. The summed E-state index contributed by atoms with van der Waals surface area (Å²) in [7, 11) is 0. The highest BCUT2D eigenvalue weighted by Gasteiger charge is 2.44. The Morgan fingerprint density at radius 2 is 1.36 bits per heavy atom. The van der Waals surface area contributed by atoms with Crippen LogP contribution in [0, 0.1) is 0 Å². The number of carbonyl (C=O) groups is 2. The summed E-state index contributed by atoms with van der Waals surface area (Å²) in [6.07, 6.45) is 0. The molecular formula is C6H4N4O2S2. The van der Waals surface area contributed by atoms with Gasteiger partial charge in [0.05, 0.1) is 11.5 Å². The maximum absolute atomic E-state index is 11.5. The molecule has 0 atom stereocenters. The van der Waals surface area contributed by atoms with Gasteiger partial charge in [-0.3, -0.25) is 9.59 Å². The Balaban J connectivity index is 2.08. The number of rotatable bonds is 0. The van der Waals surface area contributed by atoms with E-state index in [1.807, 2.05) is 0 Å². The number of amides is 2. The Bertz CT molecular complexity index is 367. The Morgan fingerprint density at radius 3 is 1.79 bits per heavy atom. The SMILES string of the molecule is O=C1CSC2=NN=C3SCC(=O)N3N12. The number of carbonyl (C=O) groups excluding carboxylic acids is 2. The molecule has 0 aromatic carbocycles. The van der Waals surface area contributed by atoms with Crippen molar-refractivity contribution in [3.05, 3.63) is 0 Å². The number of hydrazine groups is 1. The van der Waals surface area contributed by atoms with E-state index < -0.39 is 0 Å². The van der Waals surface area contributed by atoms with Crippen molar-refractivity contribution in [2.24, 2.45) is 10.2 Å². The molecule has 0 N–H and O–H groups in total. The summed E-state index contributed by atoms with van der Waals surface area (Å²) in [5, 5.41) is 11.4. The normalized spacial score (nSPS) is 24.9. The van der Waals surface area contributed by atoms with E-state index in [0.717, 1.165) is 0 Å². The van der Waals surface area contributed by atoms with Gasteiger partial charge in [0.25, 0.3) is 11.8 Å². The number of hydrogen-bond donors (Lipinski definition) is 0. The average Bonchev–Trinajstić information content (AvgIpc) is 2.72. The molecule has 3 aliphatic rings. The number of hydrogen-bond acceptors (Lipinski definition) is 6. The number of fused-ring (bicyclic) bond motifs is 3. The van der Waals surface area contributed by atoms with Crippen LogP contribution in [0.25, 0.3) is 0 Å². The fraction of sp³-hybridized carbons (Fsp3) is 0.333. The third kappa shape index (κ3) is 0.947. The zero-order valence-corrected chi connectivity index (χ0v) is 8.47. The second kappa shape index (κ2) is 2.74. The van der Waals surface area contributed by atoms with Crippen LogP contribution in [-0.4, -0.2) is 43.7 Å². The number of thioether (sulfide) groups is 2. The molecule has 3 rings (SSSR count). The van der Waals surface area contributed by atoms with Gasteiger partial charge in [-0.2, -0.15) is 10.0 Å². The van der Waals surface area contributed by atoms with E-state index in [1.54, 1.807) is 0 Å². The van der Waals surface area contributed by atoms with Gasteiger partial charge in [-0.15, -0.1) is 10.2 Å². The first-order valence-corrected chi connectivity index (χ1v) is 5.81. The first-order chi connectivity index (χ1) is 6.77. The molecule has 0 aromatic heterocycles. The third-order valence-corrected chi connectivity index (χ3v) is 3.71. The molecule has 3 aliphatic heterocycles. The quantitative estimate of drug-likeness (QED) is 0.570. The van der Waals surface area contributed by atoms with E-state index in [9.17, 15) is 9.59 Å². The van der Waals surface area contributed by atoms with Crippen LogP contribution in [0.4, 0.5) is 0 Å². The van der Waals surface area contributed by atoms with Gasteiger partial charge >= 0.3 is 0 Å². The van der Waals surface area contributed by atoms with Gasteiger partial charge in [-0.05, 0) is 0 Å². The minimum Gasteiger partial charge on any atom is -0.272 e. The number of amidine groups is 2. The van der Waals surface area contributed by atoms with Crippen LogP contribution in [-0.2, 0) is 9.59 Å². The number of nitrogens with zero attached hydrogens (tertiary/aromatic N) is 4. The lowest BCUT2D eigenvalue weighted by atomic mass is 10.6. The van der Waals surface area contributed by atoms with Gasteiger partial charge < -0.3 is 0 Å². The van der Waals surface area contributed by atoms with E-state index in [2.05, 4.69) is 10.2 Å². The lowest BCUT2D eigenvalue weighted by molar-refractivity contribution is -0.143. The molecule has 0 bridgehead atoms. The minimum atomic E-state index is -0.114. The zero-order valence-electron chi connectivity index (χ0n) is 6.84. The predicted octanol–water partition coefficient (Wildman–Crippen LogP) is -0.307. The maximum Gasteiger partial charge on any atom is 0.258 e. The standard InChI is InChI=1S/C6H4N4O2S2/c11-3-1-13-5-7-8-6-10(9(3)5)4(12)2-14-6/h1-2H2. The molecule has 0 aromatic rings. The van der Waals surface area contributed by atoms with E-state index in [1.165, 1.54) is 33.5 Å². The molecule has 0 unspecified atom stereocenters. The van der Waals surface area contributed by atoms with Gasteiger partial charge in [-0.25, -0.2) is 0 Å². The molecule has 8 heteroatoms.